The highest BCUT2D eigenvalue weighted by Gasteiger charge is 2.41. The number of rotatable bonds is 4. The Hall–Kier alpha value is -0.590. The van der Waals surface area contributed by atoms with Crippen LogP contribution in [-0.4, -0.2) is 23.8 Å². The first-order valence-electron chi connectivity index (χ1n) is 8.53. The second kappa shape index (κ2) is 6.03. The molecule has 0 radical (unpaired) electrons. The van der Waals surface area contributed by atoms with Gasteiger partial charge in [-0.1, -0.05) is 19.8 Å². The van der Waals surface area contributed by atoms with Crippen molar-refractivity contribution in [2.75, 3.05) is 0 Å². The Morgan fingerprint density at radius 3 is 2.60 bits per heavy atom. The second-order valence-corrected chi connectivity index (χ2v) is 7.36. The minimum Gasteiger partial charge on any atom is -0.375 e. The third-order valence-electron chi connectivity index (χ3n) is 5.25. The first-order valence-corrected chi connectivity index (χ1v) is 8.53. The van der Waals surface area contributed by atoms with Crippen molar-refractivity contribution >= 4 is 0 Å². The molecular weight excluding hydrogens is 248 g/mol. The van der Waals surface area contributed by atoms with Gasteiger partial charge in [0.1, 0.15) is 5.54 Å². The molecule has 0 aromatic carbocycles. The van der Waals surface area contributed by atoms with Gasteiger partial charge in [-0.15, -0.1) is 0 Å². The monoisotopic (exact) mass is 276 g/mol. The van der Waals surface area contributed by atoms with Crippen LogP contribution in [0.4, 0.5) is 0 Å². The van der Waals surface area contributed by atoms with Crippen molar-refractivity contribution < 1.29 is 4.74 Å². The Kier molecular flexibility index (Phi) is 4.33. The van der Waals surface area contributed by atoms with Crippen LogP contribution in [0.25, 0.3) is 0 Å². The minimum atomic E-state index is -0.301. The van der Waals surface area contributed by atoms with Gasteiger partial charge in [-0.05, 0) is 50.9 Å². The van der Waals surface area contributed by atoms with Gasteiger partial charge in [0.15, 0.2) is 0 Å². The molecule has 0 saturated heterocycles. The molecule has 3 heteroatoms. The van der Waals surface area contributed by atoms with E-state index in [-0.39, 0.29) is 5.54 Å². The molecule has 20 heavy (non-hydrogen) atoms. The molecule has 0 spiro atoms. The Labute approximate surface area is 123 Å². The Balaban J connectivity index is 1.55. The summed E-state index contributed by atoms with van der Waals surface area (Å²) >= 11 is 0. The fourth-order valence-corrected chi connectivity index (χ4v) is 4.00. The molecule has 3 rings (SSSR count). The van der Waals surface area contributed by atoms with E-state index in [1.807, 2.05) is 0 Å². The highest BCUT2D eigenvalue weighted by atomic mass is 16.5. The average Bonchev–Trinajstić information content (AvgIpc) is 3.23. The Morgan fingerprint density at radius 1 is 1.10 bits per heavy atom. The van der Waals surface area contributed by atoms with E-state index in [0.717, 1.165) is 31.6 Å². The van der Waals surface area contributed by atoms with E-state index in [1.165, 1.54) is 38.5 Å². The molecule has 4 unspecified atom stereocenters. The molecule has 0 bridgehead atoms. The lowest BCUT2D eigenvalue weighted by atomic mass is 9.80. The largest absolute Gasteiger partial charge is 0.375 e. The molecule has 112 valence electrons. The molecule has 3 fully saturated rings. The summed E-state index contributed by atoms with van der Waals surface area (Å²) in [6, 6.07) is 3.17. The normalized spacial score (nSPS) is 42.1. The van der Waals surface area contributed by atoms with Crippen LogP contribution in [0.15, 0.2) is 0 Å². The average molecular weight is 276 g/mol. The number of hydrogen-bond donors (Lipinski definition) is 1. The molecular formula is C17H28N2O. The number of hydrogen-bond acceptors (Lipinski definition) is 3. The van der Waals surface area contributed by atoms with E-state index in [2.05, 4.69) is 18.3 Å². The van der Waals surface area contributed by atoms with Crippen LogP contribution >= 0.6 is 0 Å². The first kappa shape index (κ1) is 14.4. The minimum absolute atomic E-state index is 0.296. The maximum atomic E-state index is 9.62. The van der Waals surface area contributed by atoms with E-state index in [1.54, 1.807) is 0 Å². The lowest BCUT2D eigenvalue weighted by molar-refractivity contribution is -0.0633. The van der Waals surface area contributed by atoms with Gasteiger partial charge in [0.25, 0.3) is 0 Å². The van der Waals surface area contributed by atoms with Crippen molar-refractivity contribution in [2.45, 2.75) is 94.9 Å². The Morgan fingerprint density at radius 2 is 1.90 bits per heavy atom. The lowest BCUT2D eigenvalue weighted by Crippen LogP contribution is -2.50. The lowest BCUT2D eigenvalue weighted by Gasteiger charge is -2.39. The van der Waals surface area contributed by atoms with Crippen molar-refractivity contribution in [1.82, 2.24) is 5.32 Å². The smallest absolute Gasteiger partial charge is 0.109 e. The van der Waals surface area contributed by atoms with Gasteiger partial charge in [-0.2, -0.15) is 5.26 Å². The van der Waals surface area contributed by atoms with Crippen LogP contribution in [0, 0.1) is 17.2 Å². The summed E-state index contributed by atoms with van der Waals surface area (Å²) in [4.78, 5) is 0. The summed E-state index contributed by atoms with van der Waals surface area (Å²) in [6.45, 7) is 2.34. The van der Waals surface area contributed by atoms with Crippen LogP contribution < -0.4 is 5.32 Å². The van der Waals surface area contributed by atoms with Crippen molar-refractivity contribution in [3.8, 4) is 6.07 Å². The number of nitrogens with one attached hydrogen (secondary N) is 1. The molecule has 3 saturated carbocycles. The second-order valence-electron chi connectivity index (χ2n) is 7.36. The van der Waals surface area contributed by atoms with E-state index < -0.39 is 0 Å². The van der Waals surface area contributed by atoms with Gasteiger partial charge in [0.2, 0.25) is 0 Å². The van der Waals surface area contributed by atoms with Gasteiger partial charge >= 0.3 is 0 Å². The van der Waals surface area contributed by atoms with E-state index >= 15 is 0 Å². The zero-order valence-electron chi connectivity index (χ0n) is 12.7. The number of nitriles is 1. The summed E-state index contributed by atoms with van der Waals surface area (Å²) in [5.74, 6) is 0.808. The molecule has 1 N–H and O–H groups in total. The molecule has 3 aliphatic carbocycles. The molecule has 0 aromatic heterocycles. The van der Waals surface area contributed by atoms with Crippen molar-refractivity contribution in [2.24, 2.45) is 5.92 Å². The summed E-state index contributed by atoms with van der Waals surface area (Å²) in [7, 11) is 0. The quantitative estimate of drug-likeness (QED) is 0.854. The van der Waals surface area contributed by atoms with Gasteiger partial charge in [-0.25, -0.2) is 0 Å². The van der Waals surface area contributed by atoms with Crippen LogP contribution in [-0.2, 0) is 4.74 Å². The van der Waals surface area contributed by atoms with Crippen LogP contribution in [0.1, 0.15) is 71.1 Å². The first-order chi connectivity index (χ1) is 9.69. The molecule has 0 heterocycles. The highest BCUT2D eigenvalue weighted by Crippen LogP contribution is 2.35. The fraction of sp³-hybridized carbons (Fsp3) is 0.941. The molecule has 0 aromatic rings. The van der Waals surface area contributed by atoms with Gasteiger partial charge < -0.3 is 4.74 Å². The van der Waals surface area contributed by atoms with Crippen LogP contribution in [0.3, 0.4) is 0 Å². The topological polar surface area (TPSA) is 45.0 Å². The summed E-state index contributed by atoms with van der Waals surface area (Å²) in [5, 5.41) is 13.2. The third-order valence-corrected chi connectivity index (χ3v) is 5.25. The molecule has 0 amide bonds. The molecule has 4 atom stereocenters. The maximum Gasteiger partial charge on any atom is 0.109 e. The van der Waals surface area contributed by atoms with E-state index in [4.69, 9.17) is 4.74 Å². The number of nitrogens with zero attached hydrogens (tertiary/aromatic N) is 1. The molecule has 0 aliphatic heterocycles. The summed E-state index contributed by atoms with van der Waals surface area (Å²) in [5.41, 5.74) is -0.301. The van der Waals surface area contributed by atoms with Crippen molar-refractivity contribution in [3.05, 3.63) is 0 Å². The molecule has 3 nitrogen and oxygen atoms in total. The zero-order valence-corrected chi connectivity index (χ0v) is 12.7. The van der Waals surface area contributed by atoms with Crippen molar-refractivity contribution in [1.29, 1.82) is 5.26 Å². The highest BCUT2D eigenvalue weighted by molar-refractivity contribution is 5.12. The van der Waals surface area contributed by atoms with Crippen molar-refractivity contribution in [3.63, 3.8) is 0 Å². The van der Waals surface area contributed by atoms with Gasteiger partial charge in [0, 0.05) is 12.5 Å². The summed E-state index contributed by atoms with van der Waals surface area (Å²) in [6.07, 6.45) is 12.5. The third kappa shape index (κ3) is 3.54. The maximum absolute atomic E-state index is 9.62. The SMILES string of the molecule is CC1CCCC(OC2CCCC(C#N)(NC3CC3)C2)C1. The van der Waals surface area contributed by atoms with E-state index in [9.17, 15) is 5.26 Å². The van der Waals surface area contributed by atoms with Gasteiger partial charge in [-0.3, -0.25) is 5.32 Å². The van der Waals surface area contributed by atoms with Crippen LogP contribution in [0.2, 0.25) is 0 Å². The van der Waals surface area contributed by atoms with Gasteiger partial charge in [0.05, 0.1) is 18.3 Å². The predicted molar refractivity (Wildman–Crippen MR) is 79.3 cm³/mol. The predicted octanol–water partition coefficient (Wildman–Crippen LogP) is 3.54. The standard InChI is InChI=1S/C17H28N2O/c1-13-4-2-5-15(10-13)20-16-6-3-9-17(11-16,12-18)19-14-7-8-14/h13-16,19H,2-11H2,1H3. The zero-order chi connectivity index (χ0) is 14.0. The number of ether oxygens (including phenoxy) is 1. The fourth-order valence-electron chi connectivity index (χ4n) is 4.00. The van der Waals surface area contributed by atoms with Crippen LogP contribution in [0.5, 0.6) is 0 Å². The van der Waals surface area contributed by atoms with E-state index in [0.29, 0.717) is 18.2 Å². The molecule has 3 aliphatic rings. The summed E-state index contributed by atoms with van der Waals surface area (Å²) < 4.78 is 6.37. The Bertz CT molecular complexity index is 374.